The van der Waals surface area contributed by atoms with Gasteiger partial charge in [-0.3, -0.25) is 4.79 Å². The lowest BCUT2D eigenvalue weighted by molar-refractivity contribution is 0.0956. The summed E-state index contributed by atoms with van der Waals surface area (Å²) in [4.78, 5) is 11.7. The number of carbonyl (C=O) groups excluding carboxylic acids is 1. The van der Waals surface area contributed by atoms with E-state index >= 15 is 0 Å². The van der Waals surface area contributed by atoms with Crippen molar-refractivity contribution in [1.82, 2.24) is 5.32 Å². The van der Waals surface area contributed by atoms with Crippen LogP contribution >= 0.6 is 0 Å². The van der Waals surface area contributed by atoms with Gasteiger partial charge in [0.25, 0.3) is 5.91 Å². The summed E-state index contributed by atoms with van der Waals surface area (Å²) < 4.78 is 0. The molecule has 0 heterocycles. The van der Waals surface area contributed by atoms with Gasteiger partial charge in [-0.25, -0.2) is 0 Å². The van der Waals surface area contributed by atoms with Crippen molar-refractivity contribution in [2.24, 2.45) is 11.8 Å². The number of nitrogen functional groups attached to an aromatic ring is 1. The number of hydrogen-bond donors (Lipinski definition) is 3. The van der Waals surface area contributed by atoms with Crippen molar-refractivity contribution in [3.8, 4) is 0 Å². The summed E-state index contributed by atoms with van der Waals surface area (Å²) in [6, 6.07) is 5.36. The van der Waals surface area contributed by atoms with Crippen molar-refractivity contribution in [2.45, 2.75) is 20.3 Å². The van der Waals surface area contributed by atoms with Crippen molar-refractivity contribution in [2.75, 3.05) is 24.1 Å². The molecule has 2 atom stereocenters. The van der Waals surface area contributed by atoms with Gasteiger partial charge in [-0.15, -0.1) is 0 Å². The first-order chi connectivity index (χ1) is 8.61. The molecule has 0 aromatic heterocycles. The van der Waals surface area contributed by atoms with Crippen molar-refractivity contribution < 1.29 is 4.79 Å². The van der Waals surface area contributed by atoms with E-state index in [9.17, 15) is 4.79 Å². The van der Waals surface area contributed by atoms with Gasteiger partial charge in [0.1, 0.15) is 0 Å². The molecule has 18 heavy (non-hydrogen) atoms. The summed E-state index contributed by atoms with van der Waals surface area (Å²) in [5.74, 6) is 1.50. The van der Waals surface area contributed by atoms with Crippen LogP contribution in [0.4, 0.5) is 11.4 Å². The van der Waals surface area contributed by atoms with E-state index in [0.717, 1.165) is 24.1 Å². The summed E-state index contributed by atoms with van der Waals surface area (Å²) in [7, 11) is 0. The van der Waals surface area contributed by atoms with Crippen LogP contribution in [-0.4, -0.2) is 19.0 Å². The smallest absolute Gasteiger partial charge is 0.251 e. The molecule has 0 saturated heterocycles. The molecule has 4 nitrogen and oxygen atoms in total. The molecule has 1 aromatic carbocycles. The summed E-state index contributed by atoms with van der Waals surface area (Å²) in [6.45, 7) is 5.72. The molecule has 1 fully saturated rings. The van der Waals surface area contributed by atoms with E-state index in [1.54, 1.807) is 12.1 Å². The van der Waals surface area contributed by atoms with Gasteiger partial charge >= 0.3 is 0 Å². The molecule has 2 rings (SSSR count). The predicted octanol–water partition coefficient (Wildman–Crippen LogP) is 2.09. The number of amides is 1. The van der Waals surface area contributed by atoms with E-state index in [-0.39, 0.29) is 5.91 Å². The Kier molecular flexibility index (Phi) is 3.75. The van der Waals surface area contributed by atoms with Crippen molar-refractivity contribution >= 4 is 17.3 Å². The normalized spacial score (nSPS) is 21.4. The molecule has 0 bridgehead atoms. The number of carbonyl (C=O) groups is 1. The van der Waals surface area contributed by atoms with Gasteiger partial charge in [0, 0.05) is 18.7 Å². The molecule has 98 valence electrons. The second-order valence-electron chi connectivity index (χ2n) is 5.02. The van der Waals surface area contributed by atoms with Crippen LogP contribution in [0, 0.1) is 11.8 Å². The molecule has 1 saturated carbocycles. The minimum atomic E-state index is -0.0552. The third-order valence-electron chi connectivity index (χ3n) is 3.48. The molecule has 0 aliphatic heterocycles. The molecule has 1 aromatic rings. The number of nitrogens with two attached hydrogens (primary N) is 1. The molecule has 0 spiro atoms. The molecule has 4 heteroatoms. The van der Waals surface area contributed by atoms with Crippen molar-refractivity contribution in [3.05, 3.63) is 23.8 Å². The Morgan fingerprint density at radius 1 is 1.50 bits per heavy atom. The summed E-state index contributed by atoms with van der Waals surface area (Å²) in [6.07, 6.45) is 1.28. The third kappa shape index (κ3) is 2.94. The average molecular weight is 247 g/mol. The van der Waals surface area contributed by atoms with Crippen LogP contribution in [-0.2, 0) is 0 Å². The fraction of sp³-hybridized carbons (Fsp3) is 0.500. The largest absolute Gasteiger partial charge is 0.397 e. The zero-order valence-electron chi connectivity index (χ0n) is 11.0. The fourth-order valence-electron chi connectivity index (χ4n) is 2.04. The number of nitrogens with one attached hydrogen (secondary N) is 2. The van der Waals surface area contributed by atoms with Crippen LogP contribution in [0.1, 0.15) is 30.6 Å². The maximum absolute atomic E-state index is 11.7. The third-order valence-corrected chi connectivity index (χ3v) is 3.48. The van der Waals surface area contributed by atoms with Gasteiger partial charge in [0.15, 0.2) is 0 Å². The monoisotopic (exact) mass is 247 g/mol. The Morgan fingerprint density at radius 2 is 2.22 bits per heavy atom. The van der Waals surface area contributed by atoms with Crippen LogP contribution in [0.15, 0.2) is 18.2 Å². The zero-order valence-corrected chi connectivity index (χ0v) is 11.0. The number of benzene rings is 1. The highest BCUT2D eigenvalue weighted by Crippen LogP contribution is 2.37. The van der Waals surface area contributed by atoms with Gasteiger partial charge in [-0.1, -0.05) is 6.92 Å². The average Bonchev–Trinajstić information content (AvgIpc) is 3.04. The molecular formula is C14H21N3O. The summed E-state index contributed by atoms with van der Waals surface area (Å²) >= 11 is 0. The maximum atomic E-state index is 11.7. The second-order valence-corrected chi connectivity index (χ2v) is 5.02. The molecular weight excluding hydrogens is 226 g/mol. The minimum absolute atomic E-state index is 0.0552. The van der Waals surface area contributed by atoms with Crippen molar-refractivity contribution in [3.63, 3.8) is 0 Å². The Hall–Kier alpha value is -1.71. The van der Waals surface area contributed by atoms with E-state index in [1.807, 2.05) is 13.0 Å². The Morgan fingerprint density at radius 3 is 2.83 bits per heavy atom. The standard InChI is InChI=1S/C14H21N3O/c1-3-16-14(18)10-4-5-12(15)13(7-10)17-8-11-6-9(11)2/h4-5,7,9,11,17H,3,6,8,15H2,1-2H3,(H,16,18). The van der Waals surface area contributed by atoms with Gasteiger partial charge in [-0.2, -0.15) is 0 Å². The summed E-state index contributed by atoms with van der Waals surface area (Å²) in [5.41, 5.74) is 8.11. The SMILES string of the molecule is CCNC(=O)c1ccc(N)c(NCC2CC2C)c1. The fourth-order valence-corrected chi connectivity index (χ4v) is 2.04. The molecule has 1 aliphatic carbocycles. The van der Waals surface area contributed by atoms with Crippen LogP contribution < -0.4 is 16.4 Å². The molecule has 1 aliphatic rings. The quantitative estimate of drug-likeness (QED) is 0.698. The van der Waals surface area contributed by atoms with E-state index in [1.165, 1.54) is 6.42 Å². The lowest BCUT2D eigenvalue weighted by atomic mass is 10.1. The van der Waals surface area contributed by atoms with Crippen LogP contribution in [0.3, 0.4) is 0 Å². The van der Waals surface area contributed by atoms with Crippen LogP contribution in [0.2, 0.25) is 0 Å². The Bertz CT molecular complexity index is 445. The number of hydrogen-bond acceptors (Lipinski definition) is 3. The lowest BCUT2D eigenvalue weighted by Gasteiger charge is -2.11. The Balaban J connectivity index is 2.03. The zero-order chi connectivity index (χ0) is 13.1. The highest BCUT2D eigenvalue weighted by Gasteiger charge is 2.31. The second kappa shape index (κ2) is 5.29. The summed E-state index contributed by atoms with van der Waals surface area (Å²) in [5, 5.41) is 6.12. The van der Waals surface area contributed by atoms with Gasteiger partial charge in [0.2, 0.25) is 0 Å². The maximum Gasteiger partial charge on any atom is 0.251 e. The van der Waals surface area contributed by atoms with E-state index < -0.39 is 0 Å². The lowest BCUT2D eigenvalue weighted by Crippen LogP contribution is -2.22. The van der Waals surface area contributed by atoms with E-state index in [2.05, 4.69) is 17.6 Å². The first-order valence-corrected chi connectivity index (χ1v) is 6.53. The predicted molar refractivity (Wildman–Crippen MR) is 74.6 cm³/mol. The topological polar surface area (TPSA) is 67.2 Å². The highest BCUT2D eigenvalue weighted by molar-refractivity contribution is 5.96. The van der Waals surface area contributed by atoms with Crippen molar-refractivity contribution in [1.29, 1.82) is 0 Å². The minimum Gasteiger partial charge on any atom is -0.397 e. The highest BCUT2D eigenvalue weighted by atomic mass is 16.1. The molecule has 4 N–H and O–H groups in total. The first kappa shape index (κ1) is 12.7. The molecule has 2 unspecified atom stereocenters. The Labute approximate surface area is 108 Å². The van der Waals surface area contributed by atoms with E-state index in [4.69, 9.17) is 5.73 Å². The van der Waals surface area contributed by atoms with Crippen LogP contribution in [0.25, 0.3) is 0 Å². The van der Waals surface area contributed by atoms with Crippen LogP contribution in [0.5, 0.6) is 0 Å². The van der Waals surface area contributed by atoms with Gasteiger partial charge < -0.3 is 16.4 Å². The van der Waals surface area contributed by atoms with E-state index in [0.29, 0.717) is 17.8 Å². The van der Waals surface area contributed by atoms with Gasteiger partial charge in [-0.05, 0) is 43.4 Å². The number of rotatable bonds is 5. The molecule has 1 amide bonds. The van der Waals surface area contributed by atoms with Gasteiger partial charge in [0.05, 0.1) is 11.4 Å². The number of anilines is 2. The molecule has 0 radical (unpaired) electrons. The first-order valence-electron chi connectivity index (χ1n) is 6.53.